The lowest BCUT2D eigenvalue weighted by Gasteiger charge is -2.12. The van der Waals surface area contributed by atoms with Gasteiger partial charge in [-0.25, -0.2) is 4.39 Å². The molecule has 2 N–H and O–H groups in total. The third-order valence-electron chi connectivity index (χ3n) is 3.04. The highest BCUT2D eigenvalue weighted by atomic mass is 19.1. The minimum Gasteiger partial charge on any atom is -0.488 e. The molecular weight excluding hydrogens is 241 g/mol. The zero-order valence-electron chi connectivity index (χ0n) is 11.2. The van der Waals surface area contributed by atoms with Crippen LogP contribution in [0.25, 0.3) is 0 Å². The molecule has 2 nitrogen and oxygen atoms in total. The second kappa shape index (κ2) is 5.85. The smallest absolute Gasteiger partial charge is 0.125 e. The summed E-state index contributed by atoms with van der Waals surface area (Å²) in [4.78, 5) is 0. The van der Waals surface area contributed by atoms with Crippen molar-refractivity contribution in [1.82, 2.24) is 0 Å². The molecule has 0 atom stereocenters. The van der Waals surface area contributed by atoms with E-state index < -0.39 is 0 Å². The van der Waals surface area contributed by atoms with Crippen molar-refractivity contribution in [3.63, 3.8) is 0 Å². The molecule has 0 aromatic heterocycles. The van der Waals surface area contributed by atoms with Crippen molar-refractivity contribution in [2.45, 2.75) is 27.0 Å². The molecule has 0 aliphatic carbocycles. The molecule has 0 unspecified atom stereocenters. The number of para-hydroxylation sites is 1. The largest absolute Gasteiger partial charge is 0.488 e. The fourth-order valence-corrected chi connectivity index (χ4v) is 2.10. The second-order valence-electron chi connectivity index (χ2n) is 4.68. The van der Waals surface area contributed by atoms with E-state index in [0.717, 1.165) is 28.0 Å². The van der Waals surface area contributed by atoms with Gasteiger partial charge in [0, 0.05) is 6.54 Å². The number of aryl methyl sites for hydroxylation is 2. The van der Waals surface area contributed by atoms with Gasteiger partial charge in [0.15, 0.2) is 0 Å². The number of nitrogens with two attached hydrogens (primary N) is 1. The summed E-state index contributed by atoms with van der Waals surface area (Å²) in [5.74, 6) is 0.587. The Hall–Kier alpha value is -1.87. The molecular formula is C16H18FNO. The van der Waals surface area contributed by atoms with Gasteiger partial charge in [0.2, 0.25) is 0 Å². The number of ether oxygens (including phenoxy) is 1. The Bertz CT molecular complexity index is 561. The van der Waals surface area contributed by atoms with Crippen molar-refractivity contribution in [2.75, 3.05) is 0 Å². The first-order valence-electron chi connectivity index (χ1n) is 6.27. The van der Waals surface area contributed by atoms with Crippen molar-refractivity contribution in [1.29, 1.82) is 0 Å². The number of rotatable bonds is 4. The van der Waals surface area contributed by atoms with Crippen molar-refractivity contribution >= 4 is 0 Å². The Morgan fingerprint density at radius 3 is 2.32 bits per heavy atom. The lowest BCUT2D eigenvalue weighted by atomic mass is 10.1. The second-order valence-corrected chi connectivity index (χ2v) is 4.68. The van der Waals surface area contributed by atoms with E-state index in [2.05, 4.69) is 0 Å². The van der Waals surface area contributed by atoms with Crippen LogP contribution in [0.4, 0.5) is 4.39 Å². The van der Waals surface area contributed by atoms with Crippen LogP contribution >= 0.6 is 0 Å². The van der Waals surface area contributed by atoms with Crippen LogP contribution in [0.1, 0.15) is 22.3 Å². The van der Waals surface area contributed by atoms with Gasteiger partial charge in [-0.1, -0.05) is 24.3 Å². The molecule has 3 heteroatoms. The molecule has 0 bridgehead atoms. The van der Waals surface area contributed by atoms with Crippen LogP contribution in [0.2, 0.25) is 0 Å². The average Bonchev–Trinajstić information content (AvgIpc) is 2.37. The number of hydrogen-bond acceptors (Lipinski definition) is 2. The highest BCUT2D eigenvalue weighted by Gasteiger charge is 2.05. The SMILES string of the molecule is Cc1cccc(C)c1OCc1cc(F)cc(CN)c1. The van der Waals surface area contributed by atoms with E-state index in [4.69, 9.17) is 10.5 Å². The van der Waals surface area contributed by atoms with Crippen LogP contribution in [0.3, 0.4) is 0 Å². The van der Waals surface area contributed by atoms with Gasteiger partial charge in [-0.05, 0) is 48.2 Å². The van der Waals surface area contributed by atoms with E-state index >= 15 is 0 Å². The molecule has 100 valence electrons. The topological polar surface area (TPSA) is 35.2 Å². The maximum Gasteiger partial charge on any atom is 0.125 e. The molecule has 0 amide bonds. The molecule has 2 rings (SSSR count). The Morgan fingerprint density at radius 1 is 1.05 bits per heavy atom. The van der Waals surface area contributed by atoms with E-state index in [1.165, 1.54) is 12.1 Å². The lowest BCUT2D eigenvalue weighted by Crippen LogP contribution is -2.02. The molecule has 2 aromatic rings. The van der Waals surface area contributed by atoms with Gasteiger partial charge in [0.05, 0.1) is 0 Å². The predicted molar refractivity (Wildman–Crippen MR) is 74.5 cm³/mol. The summed E-state index contributed by atoms with van der Waals surface area (Å²) in [6.45, 7) is 4.67. The Balaban J connectivity index is 2.16. The molecule has 0 fully saturated rings. The summed E-state index contributed by atoms with van der Waals surface area (Å²) in [6.07, 6.45) is 0. The first-order chi connectivity index (χ1) is 9.10. The molecule has 19 heavy (non-hydrogen) atoms. The Morgan fingerprint density at radius 2 is 1.68 bits per heavy atom. The van der Waals surface area contributed by atoms with E-state index in [1.807, 2.05) is 38.1 Å². The maximum absolute atomic E-state index is 13.4. The number of benzene rings is 2. The summed E-state index contributed by atoms with van der Waals surface area (Å²) < 4.78 is 19.2. The molecule has 0 spiro atoms. The first-order valence-corrected chi connectivity index (χ1v) is 6.27. The highest BCUT2D eigenvalue weighted by molar-refractivity contribution is 5.40. The minimum atomic E-state index is -0.275. The zero-order chi connectivity index (χ0) is 13.8. The van der Waals surface area contributed by atoms with Gasteiger partial charge in [-0.15, -0.1) is 0 Å². The van der Waals surface area contributed by atoms with Crippen molar-refractivity contribution < 1.29 is 9.13 Å². The van der Waals surface area contributed by atoms with E-state index in [-0.39, 0.29) is 5.82 Å². The van der Waals surface area contributed by atoms with Gasteiger partial charge >= 0.3 is 0 Å². The third-order valence-corrected chi connectivity index (χ3v) is 3.04. The molecule has 0 heterocycles. The molecule has 0 aliphatic rings. The number of halogens is 1. The summed E-state index contributed by atoms with van der Waals surface area (Å²) in [7, 11) is 0. The first kappa shape index (κ1) is 13.6. The van der Waals surface area contributed by atoms with Crippen LogP contribution < -0.4 is 10.5 Å². The predicted octanol–water partition coefficient (Wildman–Crippen LogP) is 3.48. The molecule has 0 saturated heterocycles. The van der Waals surface area contributed by atoms with Gasteiger partial charge in [0.1, 0.15) is 18.2 Å². The van der Waals surface area contributed by atoms with Gasteiger partial charge in [-0.2, -0.15) is 0 Å². The normalized spacial score (nSPS) is 10.5. The van der Waals surface area contributed by atoms with Gasteiger partial charge in [-0.3, -0.25) is 0 Å². The molecule has 0 aliphatic heterocycles. The summed E-state index contributed by atoms with van der Waals surface area (Å²) in [5, 5.41) is 0. The molecule has 2 aromatic carbocycles. The molecule has 0 radical (unpaired) electrons. The summed E-state index contributed by atoms with van der Waals surface area (Å²) in [6, 6.07) is 10.8. The fourth-order valence-electron chi connectivity index (χ4n) is 2.10. The maximum atomic E-state index is 13.4. The summed E-state index contributed by atoms with van der Waals surface area (Å²) >= 11 is 0. The van der Waals surface area contributed by atoms with Crippen LogP contribution in [0.15, 0.2) is 36.4 Å². The van der Waals surface area contributed by atoms with Crippen LogP contribution in [0, 0.1) is 19.7 Å². The van der Waals surface area contributed by atoms with E-state index in [9.17, 15) is 4.39 Å². The molecule has 0 saturated carbocycles. The third kappa shape index (κ3) is 3.32. The van der Waals surface area contributed by atoms with Crippen LogP contribution in [0.5, 0.6) is 5.75 Å². The van der Waals surface area contributed by atoms with Crippen LogP contribution in [-0.2, 0) is 13.2 Å². The van der Waals surface area contributed by atoms with Gasteiger partial charge < -0.3 is 10.5 Å². The number of hydrogen-bond donors (Lipinski definition) is 1. The summed E-state index contributed by atoms with van der Waals surface area (Å²) in [5.41, 5.74) is 9.27. The van der Waals surface area contributed by atoms with E-state index in [1.54, 1.807) is 0 Å². The minimum absolute atomic E-state index is 0.275. The zero-order valence-corrected chi connectivity index (χ0v) is 11.2. The highest BCUT2D eigenvalue weighted by Crippen LogP contribution is 2.23. The lowest BCUT2D eigenvalue weighted by molar-refractivity contribution is 0.301. The Kier molecular flexibility index (Phi) is 4.17. The average molecular weight is 259 g/mol. The van der Waals surface area contributed by atoms with Gasteiger partial charge in [0.25, 0.3) is 0 Å². The van der Waals surface area contributed by atoms with Crippen molar-refractivity contribution in [3.8, 4) is 5.75 Å². The van der Waals surface area contributed by atoms with Crippen LogP contribution in [-0.4, -0.2) is 0 Å². The monoisotopic (exact) mass is 259 g/mol. The van der Waals surface area contributed by atoms with Crippen molar-refractivity contribution in [3.05, 3.63) is 64.5 Å². The van der Waals surface area contributed by atoms with E-state index in [0.29, 0.717) is 13.2 Å². The standard InChI is InChI=1S/C16H18FNO/c1-11-4-3-5-12(2)16(11)19-10-14-6-13(9-18)7-15(17)8-14/h3-8H,9-10,18H2,1-2H3. The van der Waals surface area contributed by atoms with Crippen molar-refractivity contribution in [2.24, 2.45) is 5.73 Å². The Labute approximate surface area is 113 Å². The fraction of sp³-hybridized carbons (Fsp3) is 0.250. The quantitative estimate of drug-likeness (QED) is 0.912.